The van der Waals surface area contributed by atoms with Gasteiger partial charge in [0.25, 0.3) is 0 Å². The number of ether oxygens (including phenoxy) is 2. The SMILES string of the molecule is C=C(CC(C)(C)C)C(=O)OC12CC3CC(C1)CC(C(=O)OC1(C)C4CC5CC(C4)CC1C5)(C3)C2. The molecule has 2 unspecified atom stereocenters. The smallest absolute Gasteiger partial charge is 0.333 e. The van der Waals surface area contributed by atoms with Crippen LogP contribution in [0.4, 0.5) is 0 Å². The first-order valence-electron chi connectivity index (χ1n) is 14.0. The van der Waals surface area contributed by atoms with Crippen LogP contribution in [-0.4, -0.2) is 23.1 Å². The fourth-order valence-corrected chi connectivity index (χ4v) is 10.1. The summed E-state index contributed by atoms with van der Waals surface area (Å²) in [5.41, 5.74) is -0.713. The molecule has 4 heteroatoms. The van der Waals surface area contributed by atoms with Crippen molar-refractivity contribution in [3.8, 4) is 0 Å². The molecule has 0 aromatic rings. The maximum atomic E-state index is 14.1. The quantitative estimate of drug-likeness (QED) is 0.336. The average molecular weight is 469 g/mol. The van der Waals surface area contributed by atoms with Crippen LogP contribution >= 0.6 is 0 Å². The van der Waals surface area contributed by atoms with Crippen molar-refractivity contribution in [2.75, 3.05) is 0 Å². The van der Waals surface area contributed by atoms with E-state index in [1.54, 1.807) is 0 Å². The molecule has 34 heavy (non-hydrogen) atoms. The molecular weight excluding hydrogens is 424 g/mol. The molecule has 0 amide bonds. The fourth-order valence-electron chi connectivity index (χ4n) is 10.1. The van der Waals surface area contributed by atoms with Crippen molar-refractivity contribution in [2.24, 2.45) is 46.3 Å². The van der Waals surface area contributed by atoms with Gasteiger partial charge < -0.3 is 9.47 Å². The van der Waals surface area contributed by atoms with E-state index in [4.69, 9.17) is 9.47 Å². The van der Waals surface area contributed by atoms with Crippen LogP contribution in [-0.2, 0) is 19.1 Å². The zero-order valence-electron chi connectivity index (χ0n) is 21.8. The number of hydrogen-bond donors (Lipinski definition) is 0. The minimum Gasteiger partial charge on any atom is -0.458 e. The topological polar surface area (TPSA) is 52.6 Å². The van der Waals surface area contributed by atoms with E-state index in [-0.39, 0.29) is 23.0 Å². The van der Waals surface area contributed by atoms with Gasteiger partial charge in [-0.3, -0.25) is 4.79 Å². The summed E-state index contributed by atoms with van der Waals surface area (Å²) in [6.45, 7) is 12.7. The van der Waals surface area contributed by atoms with E-state index in [2.05, 4.69) is 34.3 Å². The number of rotatable bonds is 5. The van der Waals surface area contributed by atoms with Crippen molar-refractivity contribution < 1.29 is 19.1 Å². The van der Waals surface area contributed by atoms with Crippen LogP contribution in [0.2, 0.25) is 0 Å². The van der Waals surface area contributed by atoms with Crippen molar-refractivity contribution >= 4 is 11.9 Å². The van der Waals surface area contributed by atoms with Crippen LogP contribution in [0.1, 0.15) is 105 Å². The standard InChI is InChI=1S/C30H44O4/c1-18(12-27(2,3)4)25(31)33-30-15-21-7-22(16-30)14-29(13-21,17-30)26(32)34-28(5)23-8-19-6-20(10-23)11-24(28)9-19/h19-24H,1,6-17H2,2-5H3. The highest BCUT2D eigenvalue weighted by molar-refractivity contribution is 5.88. The van der Waals surface area contributed by atoms with Crippen LogP contribution in [0.25, 0.3) is 0 Å². The van der Waals surface area contributed by atoms with Crippen LogP contribution < -0.4 is 0 Å². The van der Waals surface area contributed by atoms with Crippen LogP contribution in [0.5, 0.6) is 0 Å². The summed E-state index contributed by atoms with van der Waals surface area (Å²) in [5, 5.41) is 0. The summed E-state index contributed by atoms with van der Waals surface area (Å²) < 4.78 is 13.0. The lowest BCUT2D eigenvalue weighted by Gasteiger charge is -2.62. The number of carbonyl (C=O) groups is 2. The molecule has 8 aliphatic carbocycles. The van der Waals surface area contributed by atoms with Gasteiger partial charge in [0.15, 0.2) is 0 Å². The Morgan fingerprint density at radius 2 is 1.35 bits per heavy atom. The van der Waals surface area contributed by atoms with E-state index in [1.807, 2.05) is 0 Å². The lowest BCUT2D eigenvalue weighted by molar-refractivity contribution is -0.236. The van der Waals surface area contributed by atoms with Crippen LogP contribution in [0, 0.1) is 46.3 Å². The highest BCUT2D eigenvalue weighted by Crippen LogP contribution is 2.65. The normalized spacial score (nSPS) is 48.1. The van der Waals surface area contributed by atoms with E-state index in [0.717, 1.165) is 37.5 Å². The van der Waals surface area contributed by atoms with Gasteiger partial charge >= 0.3 is 11.9 Å². The van der Waals surface area contributed by atoms with Gasteiger partial charge in [0.05, 0.1) is 5.41 Å². The van der Waals surface area contributed by atoms with Crippen molar-refractivity contribution in [3.63, 3.8) is 0 Å². The number of hydrogen-bond acceptors (Lipinski definition) is 4. The van der Waals surface area contributed by atoms with Gasteiger partial charge in [0.1, 0.15) is 11.2 Å². The largest absolute Gasteiger partial charge is 0.458 e. The molecule has 0 aromatic carbocycles. The molecule has 0 aromatic heterocycles. The van der Waals surface area contributed by atoms with Crippen molar-refractivity contribution in [1.29, 1.82) is 0 Å². The number of carbonyl (C=O) groups excluding carboxylic acids is 2. The predicted octanol–water partition coefficient (Wildman–Crippen LogP) is 6.62. The minimum absolute atomic E-state index is 0.00327. The summed E-state index contributed by atoms with van der Waals surface area (Å²) in [4.78, 5) is 27.1. The molecule has 8 rings (SSSR count). The number of esters is 2. The van der Waals surface area contributed by atoms with E-state index in [0.29, 0.717) is 42.1 Å². The molecule has 0 saturated heterocycles. The lowest BCUT2D eigenvalue weighted by atomic mass is 9.47. The molecule has 0 radical (unpaired) electrons. The minimum atomic E-state index is -0.508. The Morgan fingerprint density at radius 3 is 1.88 bits per heavy atom. The van der Waals surface area contributed by atoms with Gasteiger partial charge in [0.2, 0.25) is 0 Å². The average Bonchev–Trinajstić information content (AvgIpc) is 2.69. The van der Waals surface area contributed by atoms with Crippen LogP contribution in [0.15, 0.2) is 12.2 Å². The molecular formula is C30H44O4. The second kappa shape index (κ2) is 7.35. The summed E-state index contributed by atoms with van der Waals surface area (Å²) in [5.74, 6) is 3.49. The summed E-state index contributed by atoms with van der Waals surface area (Å²) >= 11 is 0. The Morgan fingerprint density at radius 1 is 0.824 bits per heavy atom. The van der Waals surface area contributed by atoms with Gasteiger partial charge in [-0.15, -0.1) is 0 Å². The Bertz CT molecular complexity index is 865. The highest BCUT2D eigenvalue weighted by atomic mass is 16.6. The third-order valence-corrected chi connectivity index (χ3v) is 10.9. The molecule has 0 aliphatic heterocycles. The molecule has 8 aliphatic rings. The van der Waals surface area contributed by atoms with Gasteiger partial charge in [0, 0.05) is 12.0 Å². The molecule has 8 fully saturated rings. The first-order chi connectivity index (χ1) is 15.9. The van der Waals surface area contributed by atoms with E-state index < -0.39 is 11.0 Å². The van der Waals surface area contributed by atoms with E-state index in [1.165, 1.54) is 38.5 Å². The zero-order chi connectivity index (χ0) is 24.1. The highest BCUT2D eigenvalue weighted by Gasteiger charge is 2.65. The maximum absolute atomic E-state index is 14.1. The predicted molar refractivity (Wildman–Crippen MR) is 131 cm³/mol. The molecule has 188 valence electrons. The summed E-state index contributed by atoms with van der Waals surface area (Å²) in [7, 11) is 0. The maximum Gasteiger partial charge on any atom is 0.333 e. The molecule has 4 nitrogen and oxygen atoms in total. The Kier molecular flexibility index (Phi) is 5.00. The molecule has 8 saturated carbocycles. The first-order valence-corrected chi connectivity index (χ1v) is 14.0. The zero-order valence-corrected chi connectivity index (χ0v) is 21.8. The third-order valence-electron chi connectivity index (χ3n) is 10.9. The van der Waals surface area contributed by atoms with Gasteiger partial charge in [-0.25, -0.2) is 4.79 Å². The molecule has 2 atom stereocenters. The third kappa shape index (κ3) is 3.68. The second-order valence-corrected chi connectivity index (χ2v) is 15.0. The first kappa shape index (κ1) is 23.1. The fraction of sp³-hybridized carbons (Fsp3) is 0.867. The molecule has 0 spiro atoms. The van der Waals surface area contributed by atoms with E-state index in [9.17, 15) is 9.59 Å². The second-order valence-electron chi connectivity index (χ2n) is 15.0. The van der Waals surface area contributed by atoms with Gasteiger partial charge in [-0.2, -0.15) is 0 Å². The van der Waals surface area contributed by atoms with Crippen molar-refractivity contribution in [3.05, 3.63) is 12.2 Å². The Balaban J connectivity index is 1.20. The molecule has 0 heterocycles. The van der Waals surface area contributed by atoms with Gasteiger partial charge in [-0.1, -0.05) is 27.4 Å². The van der Waals surface area contributed by atoms with Gasteiger partial charge in [-0.05, 0) is 118 Å². The van der Waals surface area contributed by atoms with Crippen LogP contribution in [0.3, 0.4) is 0 Å². The van der Waals surface area contributed by atoms with Crippen molar-refractivity contribution in [1.82, 2.24) is 0 Å². The Hall–Kier alpha value is -1.32. The van der Waals surface area contributed by atoms with Crippen molar-refractivity contribution in [2.45, 2.75) is 116 Å². The lowest BCUT2D eigenvalue weighted by Crippen LogP contribution is -2.63. The molecule has 0 N–H and O–H groups in total. The summed E-state index contributed by atoms with van der Waals surface area (Å²) in [6.07, 6.45) is 12.5. The summed E-state index contributed by atoms with van der Waals surface area (Å²) in [6, 6.07) is 0. The van der Waals surface area contributed by atoms with E-state index >= 15 is 0 Å². The monoisotopic (exact) mass is 468 g/mol. The molecule has 8 bridgehead atoms. The Labute approximate surface area is 205 Å².